The Balaban J connectivity index is 1.83. The van der Waals surface area contributed by atoms with Crippen molar-refractivity contribution in [2.24, 2.45) is 0 Å². The van der Waals surface area contributed by atoms with Crippen molar-refractivity contribution >= 4 is 22.7 Å². The van der Waals surface area contributed by atoms with Gasteiger partial charge < -0.3 is 14.5 Å². The van der Waals surface area contributed by atoms with Crippen molar-refractivity contribution in [3.63, 3.8) is 0 Å². The lowest BCUT2D eigenvalue weighted by Crippen LogP contribution is -2.39. The fraction of sp³-hybridized carbons (Fsp3) is 0.786. The van der Waals surface area contributed by atoms with Gasteiger partial charge in [-0.05, 0) is 12.8 Å². The van der Waals surface area contributed by atoms with Crippen molar-refractivity contribution in [3.8, 4) is 6.01 Å². The van der Waals surface area contributed by atoms with E-state index in [0.717, 1.165) is 26.2 Å². The third-order valence-electron chi connectivity index (χ3n) is 4.12. The Bertz CT molecular complexity index is 524. The highest BCUT2D eigenvalue weighted by molar-refractivity contribution is 7.85. The van der Waals surface area contributed by atoms with E-state index in [0.29, 0.717) is 29.4 Å². The maximum Gasteiger partial charge on any atom is 0.322 e. The van der Waals surface area contributed by atoms with Crippen molar-refractivity contribution in [2.45, 2.75) is 25.7 Å². The normalized spacial score (nSPS) is 20.8. The van der Waals surface area contributed by atoms with Gasteiger partial charge >= 0.3 is 6.01 Å². The molecule has 2 aliphatic rings. The molecule has 0 atom stereocenters. The maximum atomic E-state index is 11.5. The molecule has 122 valence electrons. The topological polar surface area (TPSA) is 71.5 Å². The maximum absolute atomic E-state index is 11.5. The Hall–Kier alpha value is -1.44. The standard InChI is InChI=1S/C14H23N5O2S/c1-21-14-16-12(18-6-4-2-3-5-7-18)15-13(17-14)19-8-10-22(20)11-9-19/h2-11H2,1H3. The van der Waals surface area contributed by atoms with Crippen LogP contribution in [0.1, 0.15) is 25.7 Å². The lowest BCUT2D eigenvalue weighted by Gasteiger charge is -2.27. The number of aromatic nitrogens is 3. The van der Waals surface area contributed by atoms with E-state index in [1.54, 1.807) is 7.11 Å². The van der Waals surface area contributed by atoms with Gasteiger partial charge in [0.2, 0.25) is 11.9 Å². The zero-order valence-corrected chi connectivity index (χ0v) is 13.8. The van der Waals surface area contributed by atoms with E-state index < -0.39 is 10.8 Å². The average molecular weight is 325 g/mol. The van der Waals surface area contributed by atoms with Crippen molar-refractivity contribution < 1.29 is 8.95 Å². The second-order valence-electron chi connectivity index (χ2n) is 5.66. The summed E-state index contributed by atoms with van der Waals surface area (Å²) in [5.74, 6) is 2.69. The van der Waals surface area contributed by atoms with Gasteiger partial charge in [0, 0.05) is 48.5 Å². The summed E-state index contributed by atoms with van der Waals surface area (Å²) < 4.78 is 16.8. The van der Waals surface area contributed by atoms with Gasteiger partial charge in [-0.3, -0.25) is 4.21 Å². The molecule has 7 nitrogen and oxygen atoms in total. The Morgan fingerprint density at radius 3 is 1.95 bits per heavy atom. The van der Waals surface area contributed by atoms with Crippen LogP contribution in [0.3, 0.4) is 0 Å². The molecule has 0 radical (unpaired) electrons. The van der Waals surface area contributed by atoms with E-state index in [-0.39, 0.29) is 0 Å². The number of nitrogens with zero attached hydrogens (tertiary/aromatic N) is 5. The molecule has 2 fully saturated rings. The number of methoxy groups -OCH3 is 1. The molecule has 3 heterocycles. The number of anilines is 2. The Kier molecular flexibility index (Phi) is 5.07. The van der Waals surface area contributed by atoms with E-state index in [4.69, 9.17) is 4.74 Å². The minimum absolute atomic E-state index is 0.357. The predicted molar refractivity (Wildman–Crippen MR) is 87.1 cm³/mol. The summed E-state index contributed by atoms with van der Waals surface area (Å²) in [6.45, 7) is 3.41. The van der Waals surface area contributed by atoms with Gasteiger partial charge in [0.15, 0.2) is 0 Å². The molecule has 3 rings (SSSR count). The van der Waals surface area contributed by atoms with Crippen LogP contribution in [0.25, 0.3) is 0 Å². The first-order valence-corrected chi connectivity index (χ1v) is 9.40. The monoisotopic (exact) mass is 325 g/mol. The van der Waals surface area contributed by atoms with Crippen LogP contribution < -0.4 is 14.5 Å². The molecule has 22 heavy (non-hydrogen) atoms. The highest BCUT2D eigenvalue weighted by atomic mass is 32.2. The number of rotatable bonds is 3. The quantitative estimate of drug-likeness (QED) is 0.815. The molecule has 0 aliphatic carbocycles. The molecular formula is C14H23N5O2S. The van der Waals surface area contributed by atoms with E-state index in [2.05, 4.69) is 24.8 Å². The lowest BCUT2D eigenvalue weighted by molar-refractivity contribution is 0.378. The number of hydrogen-bond acceptors (Lipinski definition) is 7. The van der Waals surface area contributed by atoms with Gasteiger partial charge in [-0.2, -0.15) is 15.0 Å². The first kappa shape index (κ1) is 15.5. The molecule has 1 aromatic rings. The molecule has 0 unspecified atom stereocenters. The van der Waals surface area contributed by atoms with Crippen LogP contribution in [0.5, 0.6) is 6.01 Å². The van der Waals surface area contributed by atoms with Crippen molar-refractivity contribution in [1.29, 1.82) is 0 Å². The van der Waals surface area contributed by atoms with Gasteiger partial charge in [0.1, 0.15) is 0 Å². The third kappa shape index (κ3) is 3.66. The fourth-order valence-electron chi connectivity index (χ4n) is 2.82. The highest BCUT2D eigenvalue weighted by Crippen LogP contribution is 2.21. The SMILES string of the molecule is COc1nc(N2CCCCCC2)nc(N2CCS(=O)CC2)n1. The van der Waals surface area contributed by atoms with E-state index in [9.17, 15) is 4.21 Å². The molecule has 1 aromatic heterocycles. The van der Waals surface area contributed by atoms with Crippen LogP contribution in [0, 0.1) is 0 Å². The number of ether oxygens (including phenoxy) is 1. The van der Waals surface area contributed by atoms with Crippen LogP contribution >= 0.6 is 0 Å². The Labute approximate surface area is 133 Å². The van der Waals surface area contributed by atoms with Crippen LogP contribution in [0.2, 0.25) is 0 Å². The molecule has 0 saturated carbocycles. The molecule has 2 saturated heterocycles. The van der Waals surface area contributed by atoms with E-state index in [1.807, 2.05) is 0 Å². The van der Waals surface area contributed by atoms with E-state index in [1.165, 1.54) is 25.7 Å². The Morgan fingerprint density at radius 1 is 0.864 bits per heavy atom. The molecule has 2 aliphatic heterocycles. The van der Waals surface area contributed by atoms with Gasteiger partial charge in [-0.15, -0.1) is 0 Å². The number of hydrogen-bond donors (Lipinski definition) is 0. The summed E-state index contributed by atoms with van der Waals surface area (Å²) in [6, 6.07) is 0.357. The largest absolute Gasteiger partial charge is 0.467 e. The Morgan fingerprint density at radius 2 is 1.41 bits per heavy atom. The molecule has 0 spiro atoms. The predicted octanol–water partition coefficient (Wildman–Crippen LogP) is 0.829. The second-order valence-corrected chi connectivity index (χ2v) is 7.35. The molecule has 0 bridgehead atoms. The summed E-state index contributed by atoms with van der Waals surface area (Å²) in [6.07, 6.45) is 4.88. The summed E-state index contributed by atoms with van der Waals surface area (Å²) in [5.41, 5.74) is 0. The minimum atomic E-state index is -0.708. The van der Waals surface area contributed by atoms with Crippen LogP contribution in [0.4, 0.5) is 11.9 Å². The first-order valence-electron chi connectivity index (χ1n) is 7.91. The zero-order chi connectivity index (χ0) is 15.4. The minimum Gasteiger partial charge on any atom is -0.467 e. The average Bonchev–Trinajstić information content (AvgIpc) is 2.84. The van der Waals surface area contributed by atoms with Crippen LogP contribution in [-0.4, -0.2) is 64.0 Å². The highest BCUT2D eigenvalue weighted by Gasteiger charge is 2.21. The first-order chi connectivity index (χ1) is 10.8. The lowest BCUT2D eigenvalue weighted by atomic mass is 10.2. The van der Waals surface area contributed by atoms with Crippen LogP contribution in [0.15, 0.2) is 0 Å². The van der Waals surface area contributed by atoms with Crippen molar-refractivity contribution in [2.75, 3.05) is 54.6 Å². The smallest absolute Gasteiger partial charge is 0.322 e. The van der Waals surface area contributed by atoms with Gasteiger partial charge in [-0.25, -0.2) is 0 Å². The fourth-order valence-corrected chi connectivity index (χ4v) is 3.87. The van der Waals surface area contributed by atoms with E-state index >= 15 is 0 Å². The van der Waals surface area contributed by atoms with Gasteiger partial charge in [0.25, 0.3) is 0 Å². The molecule has 8 heteroatoms. The third-order valence-corrected chi connectivity index (χ3v) is 5.40. The molecule has 0 aromatic carbocycles. The summed E-state index contributed by atoms with van der Waals surface area (Å²) in [5, 5.41) is 0. The molecular weight excluding hydrogens is 302 g/mol. The second kappa shape index (κ2) is 7.21. The summed E-state index contributed by atoms with van der Waals surface area (Å²) >= 11 is 0. The van der Waals surface area contributed by atoms with Gasteiger partial charge in [0.05, 0.1) is 7.11 Å². The summed E-state index contributed by atoms with van der Waals surface area (Å²) in [4.78, 5) is 17.7. The van der Waals surface area contributed by atoms with Crippen LogP contribution in [-0.2, 0) is 10.8 Å². The molecule has 0 amide bonds. The zero-order valence-electron chi connectivity index (χ0n) is 13.0. The van der Waals surface area contributed by atoms with Gasteiger partial charge in [-0.1, -0.05) is 12.8 Å². The van der Waals surface area contributed by atoms with Crippen molar-refractivity contribution in [3.05, 3.63) is 0 Å². The summed E-state index contributed by atoms with van der Waals surface area (Å²) in [7, 11) is 0.872. The van der Waals surface area contributed by atoms with Crippen molar-refractivity contribution in [1.82, 2.24) is 15.0 Å². The molecule has 0 N–H and O–H groups in total.